The Morgan fingerprint density at radius 2 is 2.00 bits per heavy atom. The highest BCUT2D eigenvalue weighted by Gasteiger charge is 2.25. The van der Waals surface area contributed by atoms with Crippen LogP contribution in [0.4, 0.5) is 0 Å². The Balaban J connectivity index is 2.37. The first-order valence-electron chi connectivity index (χ1n) is 5.37. The van der Waals surface area contributed by atoms with E-state index in [4.69, 9.17) is 5.11 Å². The summed E-state index contributed by atoms with van der Waals surface area (Å²) < 4.78 is 1.47. The predicted molar refractivity (Wildman–Crippen MR) is 60.4 cm³/mol. The number of hydrogen-bond donors (Lipinski definition) is 1. The number of carboxylic acids is 1. The second-order valence-corrected chi connectivity index (χ2v) is 3.94. The lowest BCUT2D eigenvalue weighted by Crippen LogP contribution is -2.23. The van der Waals surface area contributed by atoms with Crippen molar-refractivity contribution in [2.75, 3.05) is 0 Å². The molecule has 0 aliphatic rings. The first kappa shape index (κ1) is 12.1. The summed E-state index contributed by atoms with van der Waals surface area (Å²) in [5.74, 6) is -1.04. The summed E-state index contributed by atoms with van der Waals surface area (Å²) in [7, 11) is 0. The van der Waals surface area contributed by atoms with Crippen LogP contribution in [0.5, 0.6) is 0 Å². The molecule has 2 unspecified atom stereocenters. The zero-order valence-electron chi connectivity index (χ0n) is 9.93. The third-order valence-electron chi connectivity index (χ3n) is 2.81. The molecule has 8 nitrogen and oxygen atoms in total. The fourth-order valence-corrected chi connectivity index (χ4v) is 1.49. The van der Waals surface area contributed by atoms with E-state index in [0.717, 1.165) is 0 Å². The fourth-order valence-electron chi connectivity index (χ4n) is 1.49. The van der Waals surface area contributed by atoms with E-state index in [1.807, 2.05) is 0 Å². The van der Waals surface area contributed by atoms with Gasteiger partial charge in [0.25, 0.3) is 0 Å². The summed E-state index contributed by atoms with van der Waals surface area (Å²) in [6, 6.07) is -0.368. The van der Waals surface area contributed by atoms with E-state index in [1.165, 1.54) is 11.0 Å². The van der Waals surface area contributed by atoms with Crippen molar-refractivity contribution in [1.29, 1.82) is 0 Å². The minimum Gasteiger partial charge on any atom is -0.481 e. The molecule has 2 heterocycles. The molecule has 2 rings (SSSR count). The lowest BCUT2D eigenvalue weighted by molar-refractivity contribution is -0.142. The Hall–Kier alpha value is -2.38. The minimum atomic E-state index is -0.895. The summed E-state index contributed by atoms with van der Waals surface area (Å²) >= 11 is 0. The molecule has 2 aromatic rings. The summed E-state index contributed by atoms with van der Waals surface area (Å²) in [5, 5.41) is 20.3. The van der Waals surface area contributed by atoms with Crippen molar-refractivity contribution in [3.63, 3.8) is 0 Å². The molecule has 0 fully saturated rings. The van der Waals surface area contributed by atoms with Gasteiger partial charge in [-0.3, -0.25) is 4.79 Å². The Kier molecular flexibility index (Phi) is 3.26. The Bertz CT molecular complexity index is 540. The molecule has 0 aliphatic carbocycles. The van der Waals surface area contributed by atoms with Gasteiger partial charge in [0.05, 0.1) is 17.5 Å². The molecule has 0 saturated carbocycles. The second-order valence-electron chi connectivity index (χ2n) is 3.94. The van der Waals surface area contributed by atoms with Crippen molar-refractivity contribution in [3.05, 3.63) is 18.7 Å². The van der Waals surface area contributed by atoms with Crippen LogP contribution in [0, 0.1) is 5.92 Å². The summed E-state index contributed by atoms with van der Waals surface area (Å²) in [5.41, 5.74) is 0.645. The number of nitrogens with zero attached hydrogens (tertiary/aromatic N) is 6. The maximum absolute atomic E-state index is 11.0. The van der Waals surface area contributed by atoms with Crippen LogP contribution in [0.15, 0.2) is 18.7 Å². The standard InChI is InChI=1S/C10H12N6O2/c1-6(10(17)18)7(2)16-9(13-14-15-16)8-3-11-5-12-4-8/h3-7H,1-2H3,(H,17,18). The molecule has 8 heteroatoms. The van der Waals surface area contributed by atoms with E-state index < -0.39 is 11.9 Å². The first-order chi connectivity index (χ1) is 8.61. The summed E-state index contributed by atoms with van der Waals surface area (Å²) in [6.07, 6.45) is 4.56. The zero-order chi connectivity index (χ0) is 13.1. The van der Waals surface area contributed by atoms with Crippen LogP contribution in [0.3, 0.4) is 0 Å². The van der Waals surface area contributed by atoms with Gasteiger partial charge in [0, 0.05) is 12.4 Å². The molecule has 0 aliphatic heterocycles. The predicted octanol–water partition coefficient (Wildman–Crippen LogP) is 0.412. The van der Waals surface area contributed by atoms with Crippen LogP contribution in [-0.2, 0) is 4.79 Å². The van der Waals surface area contributed by atoms with Crippen LogP contribution in [0.25, 0.3) is 11.4 Å². The van der Waals surface area contributed by atoms with Crippen molar-refractivity contribution < 1.29 is 9.90 Å². The van der Waals surface area contributed by atoms with Crippen LogP contribution in [-0.4, -0.2) is 41.3 Å². The molecule has 0 radical (unpaired) electrons. The molecule has 0 amide bonds. The smallest absolute Gasteiger partial charge is 0.308 e. The van der Waals surface area contributed by atoms with Crippen molar-refractivity contribution in [3.8, 4) is 11.4 Å². The number of aromatic nitrogens is 6. The molecule has 18 heavy (non-hydrogen) atoms. The van der Waals surface area contributed by atoms with Gasteiger partial charge in [0.15, 0.2) is 5.82 Å². The quantitative estimate of drug-likeness (QED) is 0.834. The van der Waals surface area contributed by atoms with E-state index in [-0.39, 0.29) is 6.04 Å². The highest BCUT2D eigenvalue weighted by atomic mass is 16.4. The van der Waals surface area contributed by atoms with E-state index >= 15 is 0 Å². The highest BCUT2D eigenvalue weighted by Crippen LogP contribution is 2.22. The number of hydrogen-bond acceptors (Lipinski definition) is 6. The molecule has 0 bridgehead atoms. The van der Waals surface area contributed by atoms with Crippen LogP contribution >= 0.6 is 0 Å². The van der Waals surface area contributed by atoms with Gasteiger partial charge in [-0.15, -0.1) is 5.10 Å². The van der Waals surface area contributed by atoms with E-state index in [0.29, 0.717) is 11.4 Å². The van der Waals surface area contributed by atoms with E-state index in [2.05, 4.69) is 25.5 Å². The van der Waals surface area contributed by atoms with Gasteiger partial charge in [-0.05, 0) is 24.3 Å². The van der Waals surface area contributed by atoms with Crippen molar-refractivity contribution in [2.24, 2.45) is 5.92 Å². The maximum atomic E-state index is 11.0. The number of aliphatic carboxylic acids is 1. The highest BCUT2D eigenvalue weighted by molar-refractivity contribution is 5.70. The lowest BCUT2D eigenvalue weighted by atomic mass is 10.0. The zero-order valence-corrected chi connectivity index (χ0v) is 9.93. The lowest BCUT2D eigenvalue weighted by Gasteiger charge is -2.16. The molecule has 94 valence electrons. The van der Waals surface area contributed by atoms with Gasteiger partial charge in [0.2, 0.25) is 0 Å². The van der Waals surface area contributed by atoms with Gasteiger partial charge >= 0.3 is 5.97 Å². The minimum absolute atomic E-state index is 0.368. The van der Waals surface area contributed by atoms with Crippen molar-refractivity contribution in [2.45, 2.75) is 19.9 Å². The topological polar surface area (TPSA) is 107 Å². The van der Waals surface area contributed by atoms with Crippen LogP contribution < -0.4 is 0 Å². The van der Waals surface area contributed by atoms with Gasteiger partial charge in [-0.25, -0.2) is 14.6 Å². The molecule has 2 aromatic heterocycles. The SMILES string of the molecule is CC(C(=O)O)C(C)n1nnnc1-c1cncnc1. The van der Waals surface area contributed by atoms with Crippen molar-refractivity contribution in [1.82, 2.24) is 30.2 Å². The normalized spacial score (nSPS) is 14.1. The largest absolute Gasteiger partial charge is 0.481 e. The fraction of sp³-hybridized carbons (Fsp3) is 0.400. The molecular weight excluding hydrogens is 236 g/mol. The molecule has 0 aromatic carbocycles. The van der Waals surface area contributed by atoms with Gasteiger partial charge in [-0.1, -0.05) is 0 Å². The van der Waals surface area contributed by atoms with Crippen molar-refractivity contribution >= 4 is 5.97 Å². The Morgan fingerprint density at radius 1 is 1.33 bits per heavy atom. The summed E-state index contributed by atoms with van der Waals surface area (Å²) in [6.45, 7) is 3.36. The molecule has 2 atom stereocenters. The second kappa shape index (κ2) is 4.86. The molecular formula is C10H12N6O2. The van der Waals surface area contributed by atoms with Crippen LogP contribution in [0.2, 0.25) is 0 Å². The van der Waals surface area contributed by atoms with Gasteiger partial charge in [0.1, 0.15) is 6.33 Å². The van der Waals surface area contributed by atoms with Crippen LogP contribution in [0.1, 0.15) is 19.9 Å². The molecule has 0 spiro atoms. The first-order valence-corrected chi connectivity index (χ1v) is 5.37. The third-order valence-corrected chi connectivity index (χ3v) is 2.81. The number of rotatable bonds is 4. The molecule has 1 N–H and O–H groups in total. The van der Waals surface area contributed by atoms with Gasteiger partial charge < -0.3 is 5.11 Å². The summed E-state index contributed by atoms with van der Waals surface area (Å²) in [4.78, 5) is 18.7. The Labute approximate surface area is 103 Å². The number of carbonyl (C=O) groups is 1. The monoisotopic (exact) mass is 248 g/mol. The number of tetrazole rings is 1. The Morgan fingerprint density at radius 3 is 2.61 bits per heavy atom. The average molecular weight is 248 g/mol. The maximum Gasteiger partial charge on any atom is 0.308 e. The van der Waals surface area contributed by atoms with Gasteiger partial charge in [-0.2, -0.15) is 0 Å². The average Bonchev–Trinajstić information content (AvgIpc) is 2.87. The third kappa shape index (κ3) is 2.17. The van der Waals surface area contributed by atoms with E-state index in [1.54, 1.807) is 26.2 Å². The number of carboxylic acid groups (broad SMARTS) is 1. The molecule has 0 saturated heterocycles. The van der Waals surface area contributed by atoms with E-state index in [9.17, 15) is 4.79 Å².